The van der Waals surface area contributed by atoms with Crippen molar-refractivity contribution in [2.75, 3.05) is 27.2 Å². The molecular formula is C16H28N2O. The molecule has 2 N–H and O–H groups in total. The summed E-state index contributed by atoms with van der Waals surface area (Å²) in [7, 11) is 4.07. The van der Waals surface area contributed by atoms with E-state index in [-0.39, 0.29) is 12.1 Å². The van der Waals surface area contributed by atoms with Crippen molar-refractivity contribution in [1.82, 2.24) is 10.2 Å². The van der Waals surface area contributed by atoms with Gasteiger partial charge in [-0.25, -0.2) is 0 Å². The van der Waals surface area contributed by atoms with Gasteiger partial charge in [0.05, 0.1) is 6.61 Å². The van der Waals surface area contributed by atoms with Crippen LogP contribution in [-0.2, 0) is 0 Å². The zero-order valence-electron chi connectivity index (χ0n) is 12.9. The molecule has 0 saturated carbocycles. The molecule has 1 unspecified atom stereocenters. The largest absolute Gasteiger partial charge is 0.394 e. The fourth-order valence-electron chi connectivity index (χ4n) is 2.02. The summed E-state index contributed by atoms with van der Waals surface area (Å²) in [4.78, 5) is 2.21. The van der Waals surface area contributed by atoms with Crippen LogP contribution < -0.4 is 5.32 Å². The summed E-state index contributed by atoms with van der Waals surface area (Å²) in [6, 6.07) is 9.04. The molecule has 1 aromatic carbocycles. The fraction of sp³-hybridized carbons (Fsp3) is 0.625. The number of aliphatic hydroxyl groups is 1. The van der Waals surface area contributed by atoms with Crippen LogP contribution >= 0.6 is 0 Å². The lowest BCUT2D eigenvalue weighted by Gasteiger charge is -2.34. The van der Waals surface area contributed by atoms with Crippen LogP contribution in [0.3, 0.4) is 0 Å². The van der Waals surface area contributed by atoms with E-state index in [2.05, 4.69) is 62.3 Å². The third-order valence-electron chi connectivity index (χ3n) is 4.00. The first-order valence-corrected chi connectivity index (χ1v) is 6.96. The second kappa shape index (κ2) is 7.04. The molecule has 108 valence electrons. The molecule has 3 nitrogen and oxygen atoms in total. The number of rotatable bonds is 7. The minimum atomic E-state index is -0.161. The molecule has 0 aromatic heterocycles. The van der Waals surface area contributed by atoms with E-state index < -0.39 is 0 Å². The van der Waals surface area contributed by atoms with Gasteiger partial charge in [0.25, 0.3) is 0 Å². The zero-order valence-corrected chi connectivity index (χ0v) is 12.9. The molecule has 0 aliphatic heterocycles. The predicted octanol–water partition coefficient (Wildman–Crippen LogP) is 2.35. The average Bonchev–Trinajstić information content (AvgIpc) is 2.41. The van der Waals surface area contributed by atoms with Gasteiger partial charge in [0.2, 0.25) is 0 Å². The van der Waals surface area contributed by atoms with Crippen molar-refractivity contribution < 1.29 is 5.11 Å². The molecule has 1 atom stereocenters. The molecule has 0 fully saturated rings. The van der Waals surface area contributed by atoms with Crippen molar-refractivity contribution in [2.24, 2.45) is 0 Å². The monoisotopic (exact) mass is 264 g/mol. The highest BCUT2D eigenvalue weighted by Gasteiger charge is 2.22. The molecule has 0 spiro atoms. The van der Waals surface area contributed by atoms with Crippen LogP contribution in [0.5, 0.6) is 0 Å². The summed E-state index contributed by atoms with van der Waals surface area (Å²) in [6.07, 6.45) is 1.03. The second-order valence-corrected chi connectivity index (χ2v) is 5.93. The molecule has 0 radical (unpaired) electrons. The lowest BCUT2D eigenvalue weighted by Crippen LogP contribution is -2.45. The molecule has 0 saturated heterocycles. The van der Waals surface area contributed by atoms with Gasteiger partial charge in [0, 0.05) is 18.1 Å². The summed E-state index contributed by atoms with van der Waals surface area (Å²) in [5.41, 5.74) is 2.45. The van der Waals surface area contributed by atoms with Crippen LogP contribution in [0, 0.1) is 6.92 Å². The Morgan fingerprint density at radius 3 is 2.32 bits per heavy atom. The first-order valence-electron chi connectivity index (χ1n) is 6.96. The maximum Gasteiger partial charge on any atom is 0.0609 e. The molecular weight excluding hydrogens is 236 g/mol. The lowest BCUT2D eigenvalue weighted by molar-refractivity contribution is 0.0760. The Labute approximate surface area is 117 Å². The Morgan fingerprint density at radius 2 is 1.84 bits per heavy atom. The number of nitrogens with one attached hydrogen (secondary N) is 1. The quantitative estimate of drug-likeness (QED) is 0.793. The Bertz CT molecular complexity index is 373. The maximum absolute atomic E-state index is 9.38. The van der Waals surface area contributed by atoms with Crippen LogP contribution in [0.1, 0.15) is 37.4 Å². The van der Waals surface area contributed by atoms with Gasteiger partial charge in [0.15, 0.2) is 0 Å². The van der Waals surface area contributed by atoms with Crippen molar-refractivity contribution in [3.63, 3.8) is 0 Å². The number of hydrogen-bond acceptors (Lipinski definition) is 3. The van der Waals surface area contributed by atoms with E-state index in [1.54, 1.807) is 0 Å². The standard InChI is InChI=1S/C16H28N2O/c1-13-6-8-14(9-7-13)15(17-4)10-11-18(5)16(2,3)12-19/h6-9,15,17,19H,10-12H2,1-5H3. The smallest absolute Gasteiger partial charge is 0.0609 e. The van der Waals surface area contributed by atoms with Crippen molar-refractivity contribution in [3.8, 4) is 0 Å². The van der Waals surface area contributed by atoms with Crippen molar-refractivity contribution >= 4 is 0 Å². The van der Waals surface area contributed by atoms with Gasteiger partial charge in [-0.2, -0.15) is 0 Å². The normalized spacial score (nSPS) is 13.8. The maximum atomic E-state index is 9.38. The van der Waals surface area contributed by atoms with Crippen LogP contribution in [0.15, 0.2) is 24.3 Å². The molecule has 1 rings (SSSR count). The Kier molecular flexibility index (Phi) is 5.98. The zero-order chi connectivity index (χ0) is 14.5. The van der Waals surface area contributed by atoms with E-state index in [0.29, 0.717) is 6.04 Å². The molecule has 0 bridgehead atoms. The molecule has 19 heavy (non-hydrogen) atoms. The Balaban J connectivity index is 2.61. The van der Waals surface area contributed by atoms with E-state index in [1.807, 2.05) is 7.05 Å². The fourth-order valence-corrected chi connectivity index (χ4v) is 2.02. The van der Waals surface area contributed by atoms with Crippen LogP contribution in [0.2, 0.25) is 0 Å². The third-order valence-corrected chi connectivity index (χ3v) is 4.00. The summed E-state index contributed by atoms with van der Waals surface area (Å²) in [5.74, 6) is 0. The third kappa shape index (κ3) is 4.60. The van der Waals surface area contributed by atoms with Gasteiger partial charge in [-0.1, -0.05) is 29.8 Å². The van der Waals surface area contributed by atoms with Gasteiger partial charge in [-0.15, -0.1) is 0 Å². The van der Waals surface area contributed by atoms with E-state index in [4.69, 9.17) is 0 Å². The second-order valence-electron chi connectivity index (χ2n) is 5.93. The number of benzene rings is 1. The summed E-state index contributed by atoms with van der Waals surface area (Å²) in [5, 5.41) is 12.8. The van der Waals surface area contributed by atoms with Gasteiger partial charge in [-0.3, -0.25) is 4.90 Å². The molecule has 0 aliphatic carbocycles. The first kappa shape index (κ1) is 16.2. The number of aliphatic hydroxyl groups excluding tert-OH is 1. The van der Waals surface area contributed by atoms with Crippen LogP contribution in [0.25, 0.3) is 0 Å². The topological polar surface area (TPSA) is 35.5 Å². The Morgan fingerprint density at radius 1 is 1.26 bits per heavy atom. The SMILES string of the molecule is CNC(CCN(C)C(C)(C)CO)c1ccc(C)cc1. The van der Waals surface area contributed by atoms with E-state index in [9.17, 15) is 5.11 Å². The highest BCUT2D eigenvalue weighted by Crippen LogP contribution is 2.19. The van der Waals surface area contributed by atoms with E-state index in [1.165, 1.54) is 11.1 Å². The van der Waals surface area contributed by atoms with E-state index >= 15 is 0 Å². The van der Waals surface area contributed by atoms with Crippen LogP contribution in [0.4, 0.5) is 0 Å². The van der Waals surface area contributed by atoms with Gasteiger partial charge < -0.3 is 10.4 Å². The van der Waals surface area contributed by atoms with Crippen LogP contribution in [-0.4, -0.2) is 42.8 Å². The molecule has 0 aliphatic rings. The van der Waals surface area contributed by atoms with Crippen molar-refractivity contribution in [3.05, 3.63) is 35.4 Å². The van der Waals surface area contributed by atoms with Gasteiger partial charge in [0.1, 0.15) is 0 Å². The lowest BCUT2D eigenvalue weighted by atomic mass is 10.00. The predicted molar refractivity (Wildman–Crippen MR) is 81.4 cm³/mol. The summed E-state index contributed by atoms with van der Waals surface area (Å²) < 4.78 is 0. The highest BCUT2D eigenvalue weighted by atomic mass is 16.3. The Hall–Kier alpha value is -0.900. The molecule has 3 heteroatoms. The average molecular weight is 264 g/mol. The summed E-state index contributed by atoms with van der Waals surface area (Å²) in [6.45, 7) is 7.36. The molecule has 1 aromatic rings. The minimum Gasteiger partial charge on any atom is -0.394 e. The van der Waals surface area contributed by atoms with Gasteiger partial charge in [-0.05, 0) is 46.9 Å². The number of aryl methyl sites for hydroxylation is 1. The summed E-state index contributed by atoms with van der Waals surface area (Å²) >= 11 is 0. The minimum absolute atomic E-state index is 0.161. The highest BCUT2D eigenvalue weighted by molar-refractivity contribution is 5.24. The van der Waals surface area contributed by atoms with Crippen molar-refractivity contribution in [1.29, 1.82) is 0 Å². The number of likely N-dealkylation sites (N-methyl/N-ethyl adjacent to an activating group) is 1. The molecule has 0 amide bonds. The number of nitrogens with zero attached hydrogens (tertiary/aromatic N) is 1. The van der Waals surface area contributed by atoms with E-state index in [0.717, 1.165) is 13.0 Å². The molecule has 0 heterocycles. The van der Waals surface area contributed by atoms with Crippen molar-refractivity contribution in [2.45, 2.75) is 38.8 Å². The number of hydrogen-bond donors (Lipinski definition) is 2. The first-order chi connectivity index (χ1) is 8.90. The van der Waals surface area contributed by atoms with Gasteiger partial charge >= 0.3 is 0 Å².